The first kappa shape index (κ1) is 22.4. The van der Waals surface area contributed by atoms with Crippen LogP contribution in [-0.2, 0) is 4.79 Å². The van der Waals surface area contributed by atoms with Gasteiger partial charge in [0.25, 0.3) is 0 Å². The maximum Gasteiger partial charge on any atom is 0.322 e. The number of ketones is 1. The van der Waals surface area contributed by atoms with Gasteiger partial charge in [-0.05, 0) is 38.0 Å². The summed E-state index contributed by atoms with van der Waals surface area (Å²) in [6, 6.07) is -0.593. The van der Waals surface area contributed by atoms with E-state index in [1.54, 1.807) is 6.92 Å². The largest absolute Gasteiger partial charge is 0.322 e. The second-order valence-corrected chi connectivity index (χ2v) is 5.84. The van der Waals surface area contributed by atoms with Crippen LogP contribution in [0.25, 0.3) is 0 Å². The Morgan fingerprint density at radius 3 is 1.74 bits per heavy atom. The molecule has 6 heteroatoms. The van der Waals surface area contributed by atoms with Crippen molar-refractivity contribution >= 4 is 5.78 Å². The Balaban J connectivity index is 0.00000112. The van der Waals surface area contributed by atoms with E-state index in [9.17, 15) is 22.4 Å². The fourth-order valence-corrected chi connectivity index (χ4v) is 3.31. The van der Waals surface area contributed by atoms with Crippen LogP contribution in [0.15, 0.2) is 0 Å². The van der Waals surface area contributed by atoms with Gasteiger partial charge in [-0.3, -0.25) is 4.79 Å². The van der Waals surface area contributed by atoms with Gasteiger partial charge in [0.15, 0.2) is 0 Å². The van der Waals surface area contributed by atoms with Gasteiger partial charge in [0.1, 0.15) is 11.2 Å². The van der Waals surface area contributed by atoms with Gasteiger partial charge >= 0.3 is 11.8 Å². The maximum atomic E-state index is 13.2. The highest BCUT2D eigenvalue weighted by atomic mass is 19.3. The summed E-state index contributed by atoms with van der Waals surface area (Å²) in [4.78, 5) is 11.4. The van der Waals surface area contributed by atoms with Crippen molar-refractivity contribution in [1.29, 1.82) is 0 Å². The van der Waals surface area contributed by atoms with E-state index in [0.717, 1.165) is 0 Å². The van der Waals surface area contributed by atoms with E-state index in [-0.39, 0.29) is 24.5 Å². The van der Waals surface area contributed by atoms with Crippen LogP contribution in [0.4, 0.5) is 17.6 Å². The smallest absolute Gasteiger partial charge is 0.322 e. The molecular weight excluding hydrogens is 310 g/mol. The fourth-order valence-electron chi connectivity index (χ4n) is 3.31. The summed E-state index contributed by atoms with van der Waals surface area (Å²) in [6.07, 6.45) is 1.01. The molecule has 2 N–H and O–H groups in total. The number of hydrogen-bond acceptors (Lipinski definition) is 2. The van der Waals surface area contributed by atoms with Crippen LogP contribution >= 0.6 is 0 Å². The Hall–Kier alpha value is -0.650. The van der Waals surface area contributed by atoms with E-state index in [0.29, 0.717) is 25.7 Å². The average Bonchev–Trinajstić information content (AvgIpc) is 2.90. The second kappa shape index (κ2) is 8.45. The Labute approximate surface area is 137 Å². The normalized spacial score (nSPS) is 24.6. The zero-order valence-electron chi connectivity index (χ0n) is 14.9. The van der Waals surface area contributed by atoms with Gasteiger partial charge in [-0.15, -0.1) is 0 Å². The van der Waals surface area contributed by atoms with Crippen LogP contribution in [0.5, 0.6) is 0 Å². The molecule has 2 rings (SSSR count). The van der Waals surface area contributed by atoms with Crippen molar-refractivity contribution in [2.24, 2.45) is 17.1 Å². The highest BCUT2D eigenvalue weighted by molar-refractivity contribution is 5.83. The van der Waals surface area contributed by atoms with Crippen LogP contribution in [0, 0.1) is 11.3 Å². The van der Waals surface area contributed by atoms with Gasteiger partial charge in [-0.2, -0.15) is 17.6 Å². The SMILES string of the molecule is CC.CC.CCC(=O)C(N)CC1CCC2(CC1)C(F)(F)C2(F)F. The van der Waals surface area contributed by atoms with E-state index >= 15 is 0 Å². The summed E-state index contributed by atoms with van der Waals surface area (Å²) in [5.74, 6) is -7.77. The van der Waals surface area contributed by atoms with Crippen molar-refractivity contribution in [2.75, 3.05) is 0 Å². The molecule has 2 saturated carbocycles. The number of halogens is 4. The molecule has 138 valence electrons. The van der Waals surface area contributed by atoms with E-state index in [1.807, 2.05) is 27.7 Å². The van der Waals surface area contributed by atoms with E-state index in [2.05, 4.69) is 0 Å². The quantitative estimate of drug-likeness (QED) is 0.715. The Kier molecular flexibility index (Phi) is 8.21. The standard InChI is InChI=1S/C13H19F4NO.2C2H6/c1-2-10(19)9(18)7-8-3-5-11(6-4-8)12(14,15)13(11,16)17;2*1-2/h8-9H,2-7,18H2,1H3;2*1-2H3. The van der Waals surface area contributed by atoms with Crippen molar-refractivity contribution < 1.29 is 22.4 Å². The topological polar surface area (TPSA) is 43.1 Å². The third kappa shape index (κ3) is 3.72. The fraction of sp³-hybridized carbons (Fsp3) is 0.941. The highest BCUT2D eigenvalue weighted by Crippen LogP contribution is 2.77. The van der Waals surface area contributed by atoms with Crippen molar-refractivity contribution in [3.05, 3.63) is 0 Å². The van der Waals surface area contributed by atoms with E-state index in [4.69, 9.17) is 5.73 Å². The summed E-state index contributed by atoms with van der Waals surface area (Å²) in [5.41, 5.74) is 3.59. The first-order chi connectivity index (χ1) is 10.7. The molecule has 23 heavy (non-hydrogen) atoms. The van der Waals surface area contributed by atoms with Crippen LogP contribution < -0.4 is 5.73 Å². The third-order valence-corrected chi connectivity index (χ3v) is 4.84. The lowest BCUT2D eigenvalue weighted by Gasteiger charge is -2.29. The molecule has 0 aliphatic heterocycles. The predicted molar refractivity (Wildman–Crippen MR) is 84.9 cm³/mol. The number of hydrogen-bond donors (Lipinski definition) is 1. The number of alkyl halides is 4. The molecule has 2 aliphatic carbocycles. The van der Waals surface area contributed by atoms with Crippen LogP contribution in [0.2, 0.25) is 0 Å². The first-order valence-corrected chi connectivity index (χ1v) is 8.73. The summed E-state index contributed by atoms with van der Waals surface area (Å²) >= 11 is 0. The van der Waals surface area contributed by atoms with Gasteiger partial charge in [-0.1, -0.05) is 34.6 Å². The molecule has 0 heterocycles. The zero-order valence-corrected chi connectivity index (χ0v) is 14.9. The maximum absolute atomic E-state index is 13.2. The van der Waals surface area contributed by atoms with Crippen LogP contribution in [0.3, 0.4) is 0 Å². The van der Waals surface area contributed by atoms with Gasteiger partial charge in [0.05, 0.1) is 6.04 Å². The molecule has 2 nitrogen and oxygen atoms in total. The lowest BCUT2D eigenvalue weighted by atomic mass is 9.76. The lowest BCUT2D eigenvalue weighted by molar-refractivity contribution is -0.120. The predicted octanol–water partition coefficient (Wildman–Crippen LogP) is 5.20. The van der Waals surface area contributed by atoms with Crippen LogP contribution in [0.1, 0.15) is 73.1 Å². The summed E-state index contributed by atoms with van der Waals surface area (Å²) in [6.45, 7) is 9.71. The van der Waals surface area contributed by atoms with Crippen molar-refractivity contribution in [2.45, 2.75) is 91.0 Å². The molecule has 2 aliphatic rings. The molecular formula is C17H31F4NO. The molecule has 0 radical (unpaired) electrons. The Morgan fingerprint density at radius 1 is 1.04 bits per heavy atom. The molecule has 1 spiro atoms. The first-order valence-electron chi connectivity index (χ1n) is 8.73. The molecule has 0 amide bonds. The second-order valence-electron chi connectivity index (χ2n) is 5.84. The molecule has 0 aromatic heterocycles. The van der Waals surface area contributed by atoms with E-state index in [1.165, 1.54) is 0 Å². The minimum Gasteiger partial charge on any atom is -0.322 e. The van der Waals surface area contributed by atoms with Gasteiger partial charge in [0, 0.05) is 6.42 Å². The molecule has 0 saturated heterocycles. The minimum atomic E-state index is -3.85. The number of rotatable bonds is 4. The average molecular weight is 341 g/mol. The minimum absolute atomic E-state index is 0.00308. The monoisotopic (exact) mass is 341 g/mol. The highest BCUT2D eigenvalue weighted by Gasteiger charge is 2.95. The Bertz CT molecular complexity index is 361. The van der Waals surface area contributed by atoms with Crippen molar-refractivity contribution in [1.82, 2.24) is 0 Å². The van der Waals surface area contributed by atoms with Crippen LogP contribution in [-0.4, -0.2) is 23.7 Å². The zero-order chi connectivity index (χ0) is 18.5. The van der Waals surface area contributed by atoms with Crippen molar-refractivity contribution in [3.63, 3.8) is 0 Å². The lowest BCUT2D eigenvalue weighted by Crippen LogP contribution is -2.34. The molecule has 0 aromatic rings. The third-order valence-electron chi connectivity index (χ3n) is 4.84. The summed E-state index contributed by atoms with van der Waals surface area (Å²) < 4.78 is 52.8. The van der Waals surface area contributed by atoms with Gasteiger partial charge < -0.3 is 5.73 Å². The summed E-state index contributed by atoms with van der Waals surface area (Å²) in [7, 11) is 0. The molecule has 0 aromatic carbocycles. The number of nitrogens with two attached hydrogens (primary N) is 1. The van der Waals surface area contributed by atoms with E-state index < -0.39 is 23.3 Å². The number of carbonyl (C=O) groups excluding carboxylic acids is 1. The molecule has 1 atom stereocenters. The molecule has 0 bridgehead atoms. The Morgan fingerprint density at radius 2 is 1.43 bits per heavy atom. The van der Waals surface area contributed by atoms with Crippen molar-refractivity contribution in [3.8, 4) is 0 Å². The number of carbonyl (C=O) groups is 1. The number of Topliss-reactive ketones (excluding diaryl/α,β-unsaturated/α-hetero) is 1. The summed E-state index contributed by atoms with van der Waals surface area (Å²) in [5, 5.41) is 0. The molecule has 2 fully saturated rings. The molecule has 1 unspecified atom stereocenters. The van der Waals surface area contributed by atoms with Gasteiger partial charge in [0.2, 0.25) is 0 Å². The van der Waals surface area contributed by atoms with Gasteiger partial charge in [-0.25, -0.2) is 0 Å².